The number of aromatic nitrogens is 4. The van der Waals surface area contributed by atoms with Gasteiger partial charge in [0.1, 0.15) is 0 Å². The summed E-state index contributed by atoms with van der Waals surface area (Å²) in [5.74, 6) is -2.75. The van der Waals surface area contributed by atoms with Crippen molar-refractivity contribution >= 4 is 80.2 Å². The summed E-state index contributed by atoms with van der Waals surface area (Å²) in [7, 11) is 7.83. The molecule has 2 aliphatic rings. The van der Waals surface area contributed by atoms with E-state index in [0.29, 0.717) is 73.5 Å². The monoisotopic (exact) mass is 826 g/mol. The standard InChI is InChI=1S/C44H50N4O12/c1-23-25(9-13-39(49)55-3)33-21-37-30(18-44(54)60-8)28(12-16-42(52)58-6)36(48-37)20-32-24(2)26(10-14-40(50)56-4)34(46-32)22-38-29(17-43(53)59-7)27(11-15-41(51)57-5)35(47-38)19-31(23)45-33/h19-22,45,48H,9-18H2,1-8H3. The molecule has 60 heavy (non-hydrogen) atoms. The summed E-state index contributed by atoms with van der Waals surface area (Å²) in [6, 6.07) is 7.24. The topological polar surface area (TPSA) is 215 Å². The van der Waals surface area contributed by atoms with Gasteiger partial charge in [-0.05, 0) is 108 Å². The van der Waals surface area contributed by atoms with E-state index in [9.17, 15) is 28.8 Å². The second kappa shape index (κ2) is 19.9. The third kappa shape index (κ3) is 10.2. The number of hydrogen-bond acceptors (Lipinski definition) is 14. The largest absolute Gasteiger partial charge is 0.469 e. The number of nitrogens with zero attached hydrogens (tertiary/aromatic N) is 2. The Morgan fingerprint density at radius 1 is 0.433 bits per heavy atom. The summed E-state index contributed by atoms with van der Waals surface area (Å²) in [4.78, 5) is 93.0. The molecule has 8 bridgehead atoms. The third-order valence-corrected chi connectivity index (χ3v) is 10.8. The van der Waals surface area contributed by atoms with E-state index in [1.54, 1.807) is 6.07 Å². The average Bonchev–Trinajstić information content (AvgIpc) is 3.92. The van der Waals surface area contributed by atoms with E-state index < -0.39 is 35.8 Å². The molecule has 0 aromatic carbocycles. The van der Waals surface area contributed by atoms with Gasteiger partial charge < -0.3 is 38.4 Å². The number of nitrogens with one attached hydrogen (secondary N) is 2. The van der Waals surface area contributed by atoms with Gasteiger partial charge in [0.05, 0.1) is 78.3 Å². The van der Waals surface area contributed by atoms with E-state index in [1.807, 2.05) is 32.0 Å². The van der Waals surface area contributed by atoms with Gasteiger partial charge in [-0.1, -0.05) is 0 Å². The van der Waals surface area contributed by atoms with E-state index in [2.05, 4.69) is 9.97 Å². The number of hydrogen-bond donors (Lipinski definition) is 2. The minimum atomic E-state index is -0.525. The summed E-state index contributed by atoms with van der Waals surface area (Å²) < 4.78 is 30.1. The van der Waals surface area contributed by atoms with Gasteiger partial charge in [0.2, 0.25) is 0 Å². The average molecular weight is 827 g/mol. The molecule has 0 saturated carbocycles. The maximum atomic E-state index is 13.0. The normalized spacial score (nSPS) is 12.3. The Balaban J connectivity index is 1.99. The third-order valence-electron chi connectivity index (χ3n) is 10.8. The van der Waals surface area contributed by atoms with Crippen LogP contribution < -0.4 is 0 Å². The molecule has 0 amide bonds. The molecule has 3 aromatic heterocycles. The van der Waals surface area contributed by atoms with Crippen molar-refractivity contribution in [2.75, 3.05) is 42.7 Å². The molecule has 0 atom stereocenters. The van der Waals surface area contributed by atoms with Crippen LogP contribution in [0.2, 0.25) is 0 Å². The molecular weight excluding hydrogens is 776 g/mol. The van der Waals surface area contributed by atoms with Crippen molar-refractivity contribution in [2.24, 2.45) is 0 Å². The SMILES string of the molecule is COC(=O)CCC1=C(C)c2cc3[nH]c(cc4[nH]c(cc5nc(cc1n2)C(CC(=O)OC)=C5CCC(=O)OC)c(C)c4CCC(=O)OC)c(CC(=O)OC)c3CCC(=O)OC. The molecule has 0 saturated heterocycles. The van der Waals surface area contributed by atoms with Crippen molar-refractivity contribution in [3.8, 4) is 0 Å². The number of aromatic amines is 2. The summed E-state index contributed by atoms with van der Waals surface area (Å²) in [5, 5.41) is 0. The maximum Gasteiger partial charge on any atom is 0.310 e. The zero-order valence-corrected chi connectivity index (χ0v) is 35.2. The highest BCUT2D eigenvalue weighted by molar-refractivity contribution is 6.01. The second-order valence-electron chi connectivity index (χ2n) is 14.2. The first-order valence-corrected chi connectivity index (χ1v) is 19.3. The molecule has 0 radical (unpaired) electrons. The molecule has 16 heteroatoms. The van der Waals surface area contributed by atoms with E-state index in [4.69, 9.17) is 38.4 Å². The number of allylic oxidation sites excluding steroid dienone is 3. The Hall–Kier alpha value is -6.58. The first-order valence-electron chi connectivity index (χ1n) is 19.3. The highest BCUT2D eigenvalue weighted by atomic mass is 16.5. The Bertz CT molecular complexity index is 2450. The van der Waals surface area contributed by atoms with Crippen LogP contribution in [0.15, 0.2) is 24.3 Å². The minimum absolute atomic E-state index is 0.00278. The molecular formula is C44H50N4O12. The van der Waals surface area contributed by atoms with Crippen molar-refractivity contribution in [3.63, 3.8) is 0 Å². The van der Waals surface area contributed by atoms with Crippen LogP contribution >= 0.6 is 0 Å². The molecule has 0 unspecified atom stereocenters. The lowest BCUT2D eigenvalue weighted by atomic mass is 9.96. The zero-order valence-electron chi connectivity index (χ0n) is 35.2. The maximum absolute atomic E-state index is 13.0. The van der Waals surface area contributed by atoms with Crippen LogP contribution in [-0.4, -0.2) is 98.4 Å². The molecule has 2 N–H and O–H groups in total. The van der Waals surface area contributed by atoms with Gasteiger partial charge in [-0.25, -0.2) is 9.97 Å². The van der Waals surface area contributed by atoms with Gasteiger partial charge in [-0.3, -0.25) is 28.8 Å². The van der Waals surface area contributed by atoms with Gasteiger partial charge in [-0.15, -0.1) is 0 Å². The van der Waals surface area contributed by atoms with E-state index in [1.165, 1.54) is 42.7 Å². The lowest BCUT2D eigenvalue weighted by Crippen LogP contribution is -2.07. The Kier molecular flexibility index (Phi) is 14.8. The van der Waals surface area contributed by atoms with Gasteiger partial charge in [0, 0.05) is 47.8 Å². The molecule has 3 aromatic rings. The van der Waals surface area contributed by atoms with E-state index in [-0.39, 0.29) is 57.8 Å². The predicted octanol–water partition coefficient (Wildman–Crippen LogP) is 5.86. The number of aryl methyl sites for hydroxylation is 3. The molecule has 2 aliphatic heterocycles. The molecule has 0 fully saturated rings. The number of carbonyl (C=O) groups is 6. The van der Waals surface area contributed by atoms with Crippen LogP contribution in [0.3, 0.4) is 0 Å². The van der Waals surface area contributed by atoms with Gasteiger partial charge >= 0.3 is 35.8 Å². The number of methoxy groups -OCH3 is 6. The van der Waals surface area contributed by atoms with Crippen LogP contribution in [0.25, 0.3) is 44.4 Å². The smallest absolute Gasteiger partial charge is 0.310 e. The highest BCUT2D eigenvalue weighted by Gasteiger charge is 2.27. The number of carbonyl (C=O) groups excluding carboxylic acids is 6. The lowest BCUT2D eigenvalue weighted by Gasteiger charge is -2.08. The van der Waals surface area contributed by atoms with E-state index >= 15 is 0 Å². The molecule has 5 heterocycles. The number of ether oxygens (including phenoxy) is 6. The first kappa shape index (κ1) is 44.5. The Morgan fingerprint density at radius 3 is 1.43 bits per heavy atom. The summed E-state index contributed by atoms with van der Waals surface area (Å²) in [6.45, 7) is 3.78. The predicted molar refractivity (Wildman–Crippen MR) is 221 cm³/mol. The van der Waals surface area contributed by atoms with Gasteiger partial charge in [-0.2, -0.15) is 0 Å². The van der Waals surface area contributed by atoms with Crippen LogP contribution in [0.4, 0.5) is 0 Å². The molecule has 5 rings (SSSR count). The summed E-state index contributed by atoms with van der Waals surface area (Å²) in [5.41, 5.74) is 9.69. The highest BCUT2D eigenvalue weighted by Crippen LogP contribution is 2.40. The number of fused-ring (bicyclic) bond motifs is 8. The van der Waals surface area contributed by atoms with Crippen molar-refractivity contribution in [1.29, 1.82) is 0 Å². The summed E-state index contributed by atoms with van der Waals surface area (Å²) in [6.07, 6.45) is 0.762. The molecule has 0 spiro atoms. The molecule has 0 aliphatic carbocycles. The lowest BCUT2D eigenvalue weighted by molar-refractivity contribution is -0.141. The fourth-order valence-corrected chi connectivity index (χ4v) is 7.41. The van der Waals surface area contributed by atoms with Crippen molar-refractivity contribution in [1.82, 2.24) is 19.9 Å². The zero-order chi connectivity index (χ0) is 43.7. The number of rotatable bonds is 16. The molecule has 16 nitrogen and oxygen atoms in total. The quantitative estimate of drug-likeness (QED) is 0.128. The van der Waals surface area contributed by atoms with Gasteiger partial charge in [0.25, 0.3) is 0 Å². The Morgan fingerprint density at radius 2 is 0.850 bits per heavy atom. The molecule has 318 valence electrons. The van der Waals surface area contributed by atoms with Gasteiger partial charge in [0.15, 0.2) is 0 Å². The van der Waals surface area contributed by atoms with Crippen LogP contribution in [0, 0.1) is 6.92 Å². The minimum Gasteiger partial charge on any atom is -0.469 e. The fourth-order valence-electron chi connectivity index (χ4n) is 7.41. The van der Waals surface area contributed by atoms with Crippen molar-refractivity contribution < 1.29 is 57.2 Å². The number of H-pyrrole nitrogens is 2. The van der Waals surface area contributed by atoms with Crippen molar-refractivity contribution in [3.05, 3.63) is 69.3 Å². The Labute approximate surface area is 346 Å². The van der Waals surface area contributed by atoms with Crippen molar-refractivity contribution in [2.45, 2.75) is 78.1 Å². The van der Waals surface area contributed by atoms with Crippen LogP contribution in [0.5, 0.6) is 0 Å². The second-order valence-corrected chi connectivity index (χ2v) is 14.2. The number of esters is 6. The van der Waals surface area contributed by atoms with Crippen LogP contribution in [-0.2, 0) is 76.5 Å². The summed E-state index contributed by atoms with van der Waals surface area (Å²) >= 11 is 0. The van der Waals surface area contributed by atoms with Crippen LogP contribution in [0.1, 0.15) is 96.9 Å². The fraction of sp³-hybridized carbons (Fsp3) is 0.409. The first-order chi connectivity index (χ1) is 28.7. The van der Waals surface area contributed by atoms with E-state index in [0.717, 1.165) is 22.3 Å².